The minimum Gasteiger partial charge on any atom is -0.383 e. The van der Waals surface area contributed by atoms with Crippen LogP contribution in [0.1, 0.15) is 11.9 Å². The highest BCUT2D eigenvalue weighted by Crippen LogP contribution is 2.23. The van der Waals surface area contributed by atoms with Gasteiger partial charge in [-0.3, -0.25) is 0 Å². The number of ether oxygens (including phenoxy) is 2. The van der Waals surface area contributed by atoms with Crippen molar-refractivity contribution in [2.24, 2.45) is 0 Å². The molecule has 0 atom stereocenters. The van der Waals surface area contributed by atoms with Gasteiger partial charge in [-0.1, -0.05) is 30.3 Å². The van der Waals surface area contributed by atoms with Crippen molar-refractivity contribution >= 4 is 5.82 Å². The molecule has 0 aliphatic rings. The second-order valence-electron chi connectivity index (χ2n) is 3.70. The lowest BCUT2D eigenvalue weighted by molar-refractivity contribution is -0.105. The number of nitrogen functional groups attached to an aromatic ring is 1. The average Bonchev–Trinajstić information content (AvgIpc) is 2.43. The number of nitrogens with zero attached hydrogens (tertiary/aromatic N) is 2. The zero-order valence-electron chi connectivity index (χ0n) is 10.3. The molecule has 0 fully saturated rings. The van der Waals surface area contributed by atoms with Gasteiger partial charge < -0.3 is 15.2 Å². The number of nitrogens with two attached hydrogens (primary N) is 1. The molecule has 0 spiro atoms. The Balaban J connectivity index is 2.36. The quantitative estimate of drug-likeness (QED) is 0.834. The van der Waals surface area contributed by atoms with Crippen LogP contribution in [0.2, 0.25) is 0 Å². The van der Waals surface area contributed by atoms with Gasteiger partial charge in [0.1, 0.15) is 5.82 Å². The smallest absolute Gasteiger partial charge is 0.188 e. The molecule has 0 amide bonds. The molecule has 5 heteroatoms. The second kappa shape index (κ2) is 5.57. The van der Waals surface area contributed by atoms with Gasteiger partial charge >= 0.3 is 0 Å². The van der Waals surface area contributed by atoms with E-state index in [9.17, 15) is 0 Å². The first-order valence-corrected chi connectivity index (χ1v) is 5.49. The predicted octanol–water partition coefficient (Wildman–Crippen LogP) is 2.02. The number of hydrogen-bond donors (Lipinski definition) is 1. The van der Waals surface area contributed by atoms with Crippen LogP contribution in [0.3, 0.4) is 0 Å². The number of aromatic nitrogens is 2. The molecule has 2 rings (SSSR count). The fraction of sp³-hybridized carbons (Fsp3) is 0.231. The maximum Gasteiger partial charge on any atom is 0.188 e. The lowest BCUT2D eigenvalue weighted by atomic mass is 10.2. The third-order valence-corrected chi connectivity index (χ3v) is 2.56. The molecule has 18 heavy (non-hydrogen) atoms. The molecule has 0 radical (unpaired) electrons. The number of methoxy groups -OCH3 is 2. The summed E-state index contributed by atoms with van der Waals surface area (Å²) in [6.45, 7) is 0. The van der Waals surface area contributed by atoms with Crippen LogP contribution in [0.25, 0.3) is 11.4 Å². The maximum absolute atomic E-state index is 5.90. The van der Waals surface area contributed by atoms with Gasteiger partial charge in [-0.05, 0) is 0 Å². The van der Waals surface area contributed by atoms with Crippen LogP contribution in [-0.2, 0) is 9.47 Å². The van der Waals surface area contributed by atoms with Gasteiger partial charge in [-0.25, -0.2) is 9.97 Å². The SMILES string of the molecule is COC(OC)c1cnc(-c2ccccc2)nc1N. The van der Waals surface area contributed by atoms with E-state index in [0.29, 0.717) is 17.2 Å². The van der Waals surface area contributed by atoms with Crippen molar-refractivity contribution in [2.75, 3.05) is 20.0 Å². The molecule has 1 heterocycles. The first-order chi connectivity index (χ1) is 8.76. The van der Waals surface area contributed by atoms with Gasteiger partial charge in [-0.2, -0.15) is 0 Å². The molecule has 1 aromatic heterocycles. The standard InChI is InChI=1S/C13H15N3O2/c1-17-13(18-2)10-8-15-12(16-11(10)14)9-6-4-3-5-7-9/h3-8,13H,1-2H3,(H2,14,15,16). The van der Waals surface area contributed by atoms with Gasteiger partial charge in [0.15, 0.2) is 12.1 Å². The summed E-state index contributed by atoms with van der Waals surface area (Å²) in [4.78, 5) is 8.54. The van der Waals surface area contributed by atoms with E-state index in [-0.39, 0.29) is 0 Å². The van der Waals surface area contributed by atoms with Gasteiger partial charge in [0, 0.05) is 26.0 Å². The molecule has 0 aliphatic heterocycles. The minimum atomic E-state index is -0.546. The Morgan fingerprint density at radius 2 is 1.78 bits per heavy atom. The Morgan fingerprint density at radius 1 is 1.11 bits per heavy atom. The molecule has 0 bridgehead atoms. The van der Waals surface area contributed by atoms with Crippen molar-refractivity contribution in [2.45, 2.75) is 6.29 Å². The summed E-state index contributed by atoms with van der Waals surface area (Å²) in [5.41, 5.74) is 7.44. The van der Waals surface area contributed by atoms with Crippen molar-refractivity contribution in [1.29, 1.82) is 0 Å². The largest absolute Gasteiger partial charge is 0.383 e. The third-order valence-electron chi connectivity index (χ3n) is 2.56. The number of benzene rings is 1. The molecule has 0 aliphatic carbocycles. The summed E-state index contributed by atoms with van der Waals surface area (Å²) in [7, 11) is 3.08. The Hall–Kier alpha value is -1.98. The average molecular weight is 245 g/mol. The maximum atomic E-state index is 5.90. The lowest BCUT2D eigenvalue weighted by Gasteiger charge is -2.15. The van der Waals surface area contributed by atoms with Crippen molar-refractivity contribution < 1.29 is 9.47 Å². The molecular formula is C13H15N3O2. The van der Waals surface area contributed by atoms with E-state index in [1.807, 2.05) is 30.3 Å². The second-order valence-corrected chi connectivity index (χ2v) is 3.70. The van der Waals surface area contributed by atoms with Crippen molar-refractivity contribution in [3.05, 3.63) is 42.1 Å². The number of anilines is 1. The topological polar surface area (TPSA) is 70.3 Å². The van der Waals surface area contributed by atoms with E-state index in [1.54, 1.807) is 20.4 Å². The summed E-state index contributed by atoms with van der Waals surface area (Å²) in [5, 5.41) is 0. The van der Waals surface area contributed by atoms with E-state index in [2.05, 4.69) is 9.97 Å². The van der Waals surface area contributed by atoms with Crippen LogP contribution in [0.4, 0.5) is 5.82 Å². The molecular weight excluding hydrogens is 230 g/mol. The summed E-state index contributed by atoms with van der Waals surface area (Å²) in [6, 6.07) is 9.65. The van der Waals surface area contributed by atoms with Crippen LogP contribution in [0.15, 0.2) is 36.5 Å². The zero-order valence-corrected chi connectivity index (χ0v) is 10.3. The summed E-state index contributed by atoms with van der Waals surface area (Å²) < 4.78 is 10.3. The Morgan fingerprint density at radius 3 is 2.33 bits per heavy atom. The molecule has 94 valence electrons. The van der Waals surface area contributed by atoms with Crippen LogP contribution < -0.4 is 5.73 Å². The molecule has 0 unspecified atom stereocenters. The molecule has 2 N–H and O–H groups in total. The number of rotatable bonds is 4. The predicted molar refractivity (Wildman–Crippen MR) is 68.6 cm³/mol. The minimum absolute atomic E-state index is 0.359. The summed E-state index contributed by atoms with van der Waals surface area (Å²) >= 11 is 0. The van der Waals surface area contributed by atoms with Crippen LogP contribution in [-0.4, -0.2) is 24.2 Å². The first-order valence-electron chi connectivity index (χ1n) is 5.49. The fourth-order valence-corrected chi connectivity index (χ4v) is 1.66. The first kappa shape index (κ1) is 12.5. The van der Waals surface area contributed by atoms with Crippen LogP contribution in [0, 0.1) is 0 Å². The van der Waals surface area contributed by atoms with E-state index in [0.717, 1.165) is 5.56 Å². The molecule has 1 aromatic carbocycles. The molecule has 0 saturated heterocycles. The Bertz CT molecular complexity index is 513. The highest BCUT2D eigenvalue weighted by atomic mass is 16.7. The summed E-state index contributed by atoms with van der Waals surface area (Å²) in [5.74, 6) is 0.945. The van der Waals surface area contributed by atoms with Crippen LogP contribution >= 0.6 is 0 Å². The fourth-order valence-electron chi connectivity index (χ4n) is 1.66. The van der Waals surface area contributed by atoms with Crippen molar-refractivity contribution in [3.63, 3.8) is 0 Å². The summed E-state index contributed by atoms with van der Waals surface area (Å²) in [6.07, 6.45) is 1.08. The van der Waals surface area contributed by atoms with E-state index in [4.69, 9.17) is 15.2 Å². The third kappa shape index (κ3) is 2.47. The molecule has 5 nitrogen and oxygen atoms in total. The molecule has 0 saturated carbocycles. The van der Waals surface area contributed by atoms with E-state index >= 15 is 0 Å². The molecule has 2 aromatic rings. The Kier molecular flexibility index (Phi) is 3.86. The monoisotopic (exact) mass is 245 g/mol. The van der Waals surface area contributed by atoms with Crippen LogP contribution in [0.5, 0.6) is 0 Å². The Labute approximate surface area is 106 Å². The van der Waals surface area contributed by atoms with Crippen molar-refractivity contribution in [3.8, 4) is 11.4 Å². The number of hydrogen-bond acceptors (Lipinski definition) is 5. The van der Waals surface area contributed by atoms with Crippen molar-refractivity contribution in [1.82, 2.24) is 9.97 Å². The van der Waals surface area contributed by atoms with Gasteiger partial charge in [0.25, 0.3) is 0 Å². The highest BCUT2D eigenvalue weighted by molar-refractivity contribution is 5.57. The van der Waals surface area contributed by atoms with Gasteiger partial charge in [0.05, 0.1) is 5.56 Å². The van der Waals surface area contributed by atoms with Gasteiger partial charge in [-0.15, -0.1) is 0 Å². The zero-order chi connectivity index (χ0) is 13.0. The highest BCUT2D eigenvalue weighted by Gasteiger charge is 2.15. The van der Waals surface area contributed by atoms with E-state index in [1.165, 1.54) is 0 Å². The van der Waals surface area contributed by atoms with Gasteiger partial charge in [0.2, 0.25) is 0 Å². The van der Waals surface area contributed by atoms with E-state index < -0.39 is 6.29 Å². The normalized spacial score (nSPS) is 10.8. The lowest BCUT2D eigenvalue weighted by Crippen LogP contribution is -2.09.